The van der Waals surface area contributed by atoms with Crippen LogP contribution in [0.3, 0.4) is 0 Å². The van der Waals surface area contributed by atoms with Crippen LogP contribution in [0.2, 0.25) is 0 Å². The summed E-state index contributed by atoms with van der Waals surface area (Å²) in [7, 11) is -3.63. The third kappa shape index (κ3) is 4.46. The predicted molar refractivity (Wildman–Crippen MR) is 89.3 cm³/mol. The van der Waals surface area contributed by atoms with E-state index < -0.39 is 27.1 Å². The molecular weight excluding hydrogens is 354 g/mol. The van der Waals surface area contributed by atoms with Crippen molar-refractivity contribution in [1.82, 2.24) is 10.6 Å². The highest BCUT2D eigenvalue weighted by atomic mass is 32.2. The lowest BCUT2D eigenvalue weighted by Crippen LogP contribution is -2.57. The minimum atomic E-state index is -3.63. The molecule has 0 aliphatic carbocycles. The molecule has 2 N–H and O–H groups in total. The molecule has 1 heterocycles. The second-order valence-corrected chi connectivity index (χ2v) is 8.51. The molecule has 0 atom stereocenters. The number of alkyl halides is 2. The van der Waals surface area contributed by atoms with Crippen LogP contribution in [0, 0.1) is 6.92 Å². The van der Waals surface area contributed by atoms with Gasteiger partial charge in [-0.25, -0.2) is 8.42 Å². The monoisotopic (exact) mass is 376 g/mol. The lowest BCUT2D eigenvalue weighted by molar-refractivity contribution is -0.124. The summed E-state index contributed by atoms with van der Waals surface area (Å²) in [5.41, 5.74) is 1.18. The molecular formula is C16H22F2N2O4S. The Bertz CT molecular complexity index is 732. The van der Waals surface area contributed by atoms with Gasteiger partial charge in [-0.3, -0.25) is 4.79 Å². The number of carbonyl (C=O) groups excluding carboxylic acids is 1. The summed E-state index contributed by atoms with van der Waals surface area (Å²) in [5, 5.41) is 5.62. The Hall–Kier alpha value is -1.74. The maximum atomic E-state index is 12.7. The molecule has 0 saturated carbocycles. The molecule has 1 aliphatic heterocycles. The van der Waals surface area contributed by atoms with E-state index in [1.165, 1.54) is 6.07 Å². The minimum absolute atomic E-state index is 0.0420. The molecule has 1 fully saturated rings. The van der Waals surface area contributed by atoms with Crippen LogP contribution < -0.4 is 15.4 Å². The zero-order valence-corrected chi connectivity index (χ0v) is 15.0. The lowest BCUT2D eigenvalue weighted by Gasteiger charge is -2.34. The number of hydrogen-bond donors (Lipinski definition) is 2. The van der Waals surface area contributed by atoms with Crippen LogP contribution in [-0.4, -0.2) is 45.0 Å². The van der Waals surface area contributed by atoms with Gasteiger partial charge in [-0.05, 0) is 38.9 Å². The normalized spacial score (nSPS) is 17.3. The van der Waals surface area contributed by atoms with E-state index in [0.717, 1.165) is 11.8 Å². The summed E-state index contributed by atoms with van der Waals surface area (Å²) in [4.78, 5) is 12.7. The molecule has 0 radical (unpaired) electrons. The van der Waals surface area contributed by atoms with Crippen molar-refractivity contribution < 1.29 is 26.7 Å². The van der Waals surface area contributed by atoms with Gasteiger partial charge in [-0.15, -0.1) is 0 Å². The fourth-order valence-electron chi connectivity index (χ4n) is 2.99. The number of nitrogens with one attached hydrogen (secondary N) is 2. The molecule has 0 unspecified atom stereocenters. The van der Waals surface area contributed by atoms with E-state index in [1.54, 1.807) is 19.1 Å². The van der Waals surface area contributed by atoms with E-state index in [-0.39, 0.29) is 25.1 Å². The van der Waals surface area contributed by atoms with E-state index in [1.807, 2.05) is 0 Å². The zero-order chi connectivity index (χ0) is 18.7. The van der Waals surface area contributed by atoms with Gasteiger partial charge in [0.15, 0.2) is 14.6 Å². The summed E-state index contributed by atoms with van der Waals surface area (Å²) in [6.45, 7) is -0.450. The van der Waals surface area contributed by atoms with Gasteiger partial charge in [0.05, 0.1) is 0 Å². The largest absolute Gasteiger partial charge is 0.434 e. The number of benzene rings is 1. The van der Waals surface area contributed by atoms with Crippen molar-refractivity contribution in [1.29, 1.82) is 0 Å². The van der Waals surface area contributed by atoms with Gasteiger partial charge < -0.3 is 15.4 Å². The maximum Gasteiger partial charge on any atom is 0.387 e. The number of halogens is 2. The third-order valence-electron chi connectivity index (χ3n) is 4.41. The molecule has 0 spiro atoms. The Morgan fingerprint density at radius 2 is 2.00 bits per heavy atom. The van der Waals surface area contributed by atoms with Gasteiger partial charge in [-0.2, -0.15) is 8.78 Å². The van der Waals surface area contributed by atoms with Crippen LogP contribution in [0.15, 0.2) is 18.2 Å². The summed E-state index contributed by atoms with van der Waals surface area (Å²) >= 11 is 0. The average Bonchev–Trinajstić information content (AvgIpc) is 2.54. The predicted octanol–water partition coefficient (Wildman–Crippen LogP) is 1.38. The molecule has 6 nitrogen and oxygen atoms in total. The molecule has 9 heteroatoms. The second kappa shape index (κ2) is 7.65. The number of rotatable bonds is 6. The fourth-order valence-corrected chi connectivity index (χ4v) is 4.35. The van der Waals surface area contributed by atoms with E-state index in [4.69, 9.17) is 0 Å². The molecule has 0 bridgehead atoms. The van der Waals surface area contributed by atoms with Gasteiger partial charge in [0, 0.05) is 18.4 Å². The Labute approximate surface area is 145 Å². The first-order chi connectivity index (χ1) is 11.7. The van der Waals surface area contributed by atoms with Crippen LogP contribution in [0.1, 0.15) is 24.0 Å². The molecule has 140 valence electrons. The summed E-state index contributed by atoms with van der Waals surface area (Å²) in [6, 6.07) is 4.64. The van der Waals surface area contributed by atoms with Gasteiger partial charge in [0.1, 0.15) is 5.75 Å². The lowest BCUT2D eigenvalue weighted by atomic mass is 9.95. The number of hydrogen-bond acceptors (Lipinski definition) is 5. The van der Waals surface area contributed by atoms with E-state index in [0.29, 0.717) is 18.7 Å². The SMILES string of the molecule is Cc1ccc(OC(F)F)c(CNC(=O)C2(S(C)(=O)=O)CCNCC2)c1. The molecule has 1 aromatic carbocycles. The zero-order valence-electron chi connectivity index (χ0n) is 14.1. The van der Waals surface area contributed by atoms with Crippen molar-refractivity contribution in [2.75, 3.05) is 19.3 Å². The maximum absolute atomic E-state index is 12.7. The number of piperidine rings is 1. The highest BCUT2D eigenvalue weighted by Gasteiger charge is 2.48. The topological polar surface area (TPSA) is 84.5 Å². The standard InChI is InChI=1S/C16H22F2N2O4S/c1-11-3-4-13(24-15(17)18)12(9-11)10-20-14(21)16(25(2,22)23)5-7-19-8-6-16/h3-4,9,15,19H,5-8,10H2,1-2H3,(H,20,21). The van der Waals surface area contributed by atoms with E-state index >= 15 is 0 Å². The second-order valence-electron chi connectivity index (χ2n) is 6.19. The Kier molecular flexibility index (Phi) is 5.99. The smallest absolute Gasteiger partial charge is 0.387 e. The van der Waals surface area contributed by atoms with Gasteiger partial charge in [0.25, 0.3) is 0 Å². The van der Waals surface area contributed by atoms with Crippen molar-refractivity contribution in [3.63, 3.8) is 0 Å². The average molecular weight is 376 g/mol. The highest BCUT2D eigenvalue weighted by Crippen LogP contribution is 2.29. The summed E-state index contributed by atoms with van der Waals surface area (Å²) < 4.78 is 52.4. The van der Waals surface area contributed by atoms with Crippen LogP contribution in [0.5, 0.6) is 5.75 Å². The molecule has 1 amide bonds. The molecule has 0 aromatic heterocycles. The summed E-state index contributed by atoms with van der Waals surface area (Å²) in [5.74, 6) is -0.652. The van der Waals surface area contributed by atoms with Crippen molar-refractivity contribution in [3.8, 4) is 5.75 Å². The fraction of sp³-hybridized carbons (Fsp3) is 0.562. The van der Waals surface area contributed by atoms with Crippen LogP contribution in [-0.2, 0) is 21.2 Å². The number of amides is 1. The number of sulfone groups is 1. The summed E-state index contributed by atoms with van der Waals surface area (Å²) in [6.07, 6.45) is 1.40. The molecule has 2 rings (SSSR count). The number of aryl methyl sites for hydroxylation is 1. The van der Waals surface area contributed by atoms with Crippen molar-refractivity contribution in [2.45, 2.75) is 37.7 Å². The van der Waals surface area contributed by atoms with Gasteiger partial charge in [0.2, 0.25) is 5.91 Å². The van der Waals surface area contributed by atoms with Gasteiger partial charge >= 0.3 is 6.61 Å². The van der Waals surface area contributed by atoms with Crippen LogP contribution in [0.4, 0.5) is 8.78 Å². The van der Waals surface area contributed by atoms with Crippen molar-refractivity contribution in [3.05, 3.63) is 29.3 Å². The number of carbonyl (C=O) groups is 1. The van der Waals surface area contributed by atoms with Gasteiger partial charge in [-0.1, -0.05) is 17.7 Å². The van der Waals surface area contributed by atoms with Crippen molar-refractivity contribution in [2.24, 2.45) is 0 Å². The molecule has 25 heavy (non-hydrogen) atoms. The van der Waals surface area contributed by atoms with Crippen LogP contribution in [0.25, 0.3) is 0 Å². The Balaban J connectivity index is 2.20. The number of ether oxygens (including phenoxy) is 1. The van der Waals surface area contributed by atoms with E-state index in [2.05, 4.69) is 15.4 Å². The first-order valence-electron chi connectivity index (χ1n) is 7.89. The molecule has 1 aromatic rings. The van der Waals surface area contributed by atoms with Crippen molar-refractivity contribution >= 4 is 15.7 Å². The molecule has 1 saturated heterocycles. The minimum Gasteiger partial charge on any atom is -0.434 e. The molecule has 1 aliphatic rings. The van der Waals surface area contributed by atoms with Crippen LogP contribution >= 0.6 is 0 Å². The Morgan fingerprint density at radius 1 is 1.36 bits per heavy atom. The third-order valence-corrected chi connectivity index (χ3v) is 6.42. The first kappa shape index (κ1) is 19.6. The Morgan fingerprint density at radius 3 is 2.56 bits per heavy atom. The highest BCUT2D eigenvalue weighted by molar-refractivity contribution is 7.92. The first-order valence-corrected chi connectivity index (χ1v) is 9.78. The quantitative estimate of drug-likeness (QED) is 0.784. The van der Waals surface area contributed by atoms with E-state index in [9.17, 15) is 22.0 Å².